The van der Waals surface area contributed by atoms with Crippen molar-refractivity contribution < 1.29 is 21.9 Å². The zero-order valence-corrected chi connectivity index (χ0v) is 15.3. The molecular formula is C15H24N2O5S2. The van der Waals surface area contributed by atoms with Crippen LogP contribution in [0.15, 0.2) is 34.1 Å². The van der Waals surface area contributed by atoms with Crippen molar-refractivity contribution in [2.24, 2.45) is 5.14 Å². The minimum absolute atomic E-state index is 0.0221. The van der Waals surface area contributed by atoms with Crippen molar-refractivity contribution >= 4 is 20.0 Å². The van der Waals surface area contributed by atoms with Gasteiger partial charge in [0.2, 0.25) is 20.0 Å². The van der Waals surface area contributed by atoms with Gasteiger partial charge in [-0.25, -0.2) is 22.0 Å². The lowest BCUT2D eigenvalue weighted by atomic mass is 9.87. The molecule has 0 radical (unpaired) electrons. The van der Waals surface area contributed by atoms with Gasteiger partial charge in [-0.15, -0.1) is 0 Å². The van der Waals surface area contributed by atoms with E-state index in [0.717, 1.165) is 12.8 Å². The molecule has 2 rings (SSSR count). The average molecular weight is 377 g/mol. The van der Waals surface area contributed by atoms with Crippen LogP contribution in [-0.2, 0) is 20.0 Å². The molecule has 1 aromatic carbocycles. The van der Waals surface area contributed by atoms with E-state index in [9.17, 15) is 21.9 Å². The van der Waals surface area contributed by atoms with Gasteiger partial charge in [0.25, 0.3) is 0 Å². The SMILES string of the molecule is CCCCC1(O)CCN(S(=O)(=O)c2ccc(S(N)(=O)=O)cc2)CC1. The summed E-state index contributed by atoms with van der Waals surface area (Å²) < 4.78 is 49.1. The van der Waals surface area contributed by atoms with Gasteiger partial charge in [0.05, 0.1) is 15.4 Å². The molecule has 1 aliphatic heterocycles. The Morgan fingerprint density at radius 3 is 2.04 bits per heavy atom. The minimum atomic E-state index is -3.86. The highest BCUT2D eigenvalue weighted by Crippen LogP contribution is 2.30. The molecule has 0 spiro atoms. The lowest BCUT2D eigenvalue weighted by Crippen LogP contribution is -2.46. The Morgan fingerprint density at radius 1 is 1.08 bits per heavy atom. The van der Waals surface area contributed by atoms with Crippen LogP contribution in [0, 0.1) is 0 Å². The maximum absolute atomic E-state index is 12.6. The standard InChI is InChI=1S/C15H24N2O5S2/c1-2-3-8-15(18)9-11-17(12-10-15)24(21,22)14-6-4-13(5-7-14)23(16,19)20/h4-7,18H,2-3,8-12H2,1H3,(H2,16,19,20). The number of piperidine rings is 1. The summed E-state index contributed by atoms with van der Waals surface area (Å²) in [6, 6.07) is 4.85. The second kappa shape index (κ2) is 7.09. The number of hydrogen-bond donors (Lipinski definition) is 2. The van der Waals surface area contributed by atoms with Crippen molar-refractivity contribution in [1.29, 1.82) is 0 Å². The molecule has 7 nitrogen and oxygen atoms in total. The smallest absolute Gasteiger partial charge is 0.243 e. The molecule has 0 bridgehead atoms. The van der Waals surface area contributed by atoms with Crippen LogP contribution in [0.2, 0.25) is 0 Å². The molecule has 0 aliphatic carbocycles. The summed E-state index contributed by atoms with van der Waals surface area (Å²) in [6.45, 7) is 2.55. The number of sulfonamides is 2. The predicted molar refractivity (Wildman–Crippen MR) is 90.3 cm³/mol. The Kier molecular flexibility index (Phi) is 5.71. The first-order valence-corrected chi connectivity index (χ1v) is 10.9. The monoisotopic (exact) mass is 376 g/mol. The summed E-state index contributed by atoms with van der Waals surface area (Å²) in [5.41, 5.74) is -0.792. The molecule has 1 fully saturated rings. The van der Waals surface area contributed by atoms with Gasteiger partial charge in [0.1, 0.15) is 0 Å². The average Bonchev–Trinajstić information content (AvgIpc) is 2.53. The highest BCUT2D eigenvalue weighted by Gasteiger charge is 2.36. The molecule has 0 atom stereocenters. The second-order valence-corrected chi connectivity index (χ2v) is 9.75. The molecule has 136 valence electrons. The fraction of sp³-hybridized carbons (Fsp3) is 0.600. The number of nitrogens with zero attached hydrogens (tertiary/aromatic N) is 1. The maximum Gasteiger partial charge on any atom is 0.243 e. The van der Waals surface area contributed by atoms with Crippen LogP contribution in [0.25, 0.3) is 0 Å². The van der Waals surface area contributed by atoms with Gasteiger partial charge in [-0.3, -0.25) is 0 Å². The Bertz CT molecular complexity index is 765. The van der Waals surface area contributed by atoms with Gasteiger partial charge in [-0.2, -0.15) is 4.31 Å². The number of hydrogen-bond acceptors (Lipinski definition) is 5. The molecule has 0 aromatic heterocycles. The molecule has 3 N–H and O–H groups in total. The number of aliphatic hydroxyl groups is 1. The van der Waals surface area contributed by atoms with Crippen molar-refractivity contribution in [3.63, 3.8) is 0 Å². The van der Waals surface area contributed by atoms with E-state index < -0.39 is 25.6 Å². The van der Waals surface area contributed by atoms with E-state index in [1.54, 1.807) is 0 Å². The molecule has 9 heteroatoms. The van der Waals surface area contributed by atoms with Crippen molar-refractivity contribution in [3.05, 3.63) is 24.3 Å². The number of unbranched alkanes of at least 4 members (excludes halogenated alkanes) is 1. The van der Waals surface area contributed by atoms with Gasteiger partial charge >= 0.3 is 0 Å². The zero-order chi connectivity index (χ0) is 18.0. The number of nitrogens with two attached hydrogens (primary N) is 1. The van der Waals surface area contributed by atoms with Crippen LogP contribution in [0.3, 0.4) is 0 Å². The van der Waals surface area contributed by atoms with Crippen molar-refractivity contribution in [2.45, 2.75) is 54.4 Å². The van der Waals surface area contributed by atoms with Crippen molar-refractivity contribution in [3.8, 4) is 0 Å². The van der Waals surface area contributed by atoms with Gasteiger partial charge in [0.15, 0.2) is 0 Å². The van der Waals surface area contributed by atoms with Crippen LogP contribution in [-0.4, -0.2) is 44.9 Å². The van der Waals surface area contributed by atoms with Crippen LogP contribution in [0.1, 0.15) is 39.0 Å². The first-order valence-electron chi connectivity index (χ1n) is 7.94. The largest absolute Gasteiger partial charge is 0.390 e. The summed E-state index contributed by atoms with van der Waals surface area (Å²) in [4.78, 5) is -0.108. The quantitative estimate of drug-likeness (QED) is 0.769. The van der Waals surface area contributed by atoms with Gasteiger partial charge < -0.3 is 5.11 Å². The van der Waals surface area contributed by atoms with E-state index in [1.165, 1.54) is 28.6 Å². The molecule has 1 saturated heterocycles. The summed E-state index contributed by atoms with van der Waals surface area (Å²) in [6.07, 6.45) is 3.39. The van der Waals surface area contributed by atoms with Crippen molar-refractivity contribution in [2.75, 3.05) is 13.1 Å². The van der Waals surface area contributed by atoms with Crippen LogP contribution < -0.4 is 5.14 Å². The Morgan fingerprint density at radius 2 is 1.58 bits per heavy atom. The molecule has 0 unspecified atom stereocenters. The van der Waals surface area contributed by atoms with E-state index in [0.29, 0.717) is 19.3 Å². The predicted octanol–water partition coefficient (Wildman–Crippen LogP) is 1.04. The van der Waals surface area contributed by atoms with E-state index in [4.69, 9.17) is 5.14 Å². The Hall–Kier alpha value is -1.00. The van der Waals surface area contributed by atoms with Gasteiger partial charge in [0, 0.05) is 13.1 Å². The summed E-state index contributed by atoms with van der Waals surface area (Å²) in [5, 5.41) is 15.5. The molecule has 1 heterocycles. The fourth-order valence-electron chi connectivity index (χ4n) is 2.85. The first kappa shape index (κ1) is 19.3. The van der Waals surface area contributed by atoms with Crippen LogP contribution >= 0.6 is 0 Å². The first-order chi connectivity index (χ1) is 11.1. The number of primary sulfonamides is 1. The highest BCUT2D eigenvalue weighted by atomic mass is 32.2. The molecule has 1 aliphatic rings. The van der Waals surface area contributed by atoms with Crippen LogP contribution in [0.5, 0.6) is 0 Å². The fourth-order valence-corrected chi connectivity index (χ4v) is 4.81. The lowest BCUT2D eigenvalue weighted by molar-refractivity contribution is -0.0138. The summed E-state index contributed by atoms with van der Waals surface area (Å²) >= 11 is 0. The third-order valence-corrected chi connectivity index (χ3v) is 7.28. The zero-order valence-electron chi connectivity index (χ0n) is 13.7. The Labute approximate surface area is 143 Å². The molecule has 0 amide bonds. The Balaban J connectivity index is 2.12. The minimum Gasteiger partial charge on any atom is -0.390 e. The topological polar surface area (TPSA) is 118 Å². The van der Waals surface area contributed by atoms with E-state index in [2.05, 4.69) is 0 Å². The maximum atomic E-state index is 12.6. The molecular weight excluding hydrogens is 352 g/mol. The van der Waals surface area contributed by atoms with Crippen LogP contribution in [0.4, 0.5) is 0 Å². The van der Waals surface area contributed by atoms with Crippen molar-refractivity contribution in [1.82, 2.24) is 4.31 Å². The molecule has 1 aromatic rings. The molecule has 0 saturated carbocycles. The summed E-state index contributed by atoms with van der Waals surface area (Å²) in [7, 11) is -7.56. The molecule has 24 heavy (non-hydrogen) atoms. The van der Waals surface area contributed by atoms with E-state index in [1.807, 2.05) is 6.92 Å². The number of rotatable bonds is 6. The van der Waals surface area contributed by atoms with E-state index >= 15 is 0 Å². The summed E-state index contributed by atoms with van der Waals surface area (Å²) in [5.74, 6) is 0. The highest BCUT2D eigenvalue weighted by molar-refractivity contribution is 7.89. The van der Waals surface area contributed by atoms with Gasteiger partial charge in [-0.1, -0.05) is 19.8 Å². The van der Waals surface area contributed by atoms with E-state index in [-0.39, 0.29) is 22.9 Å². The normalized spacial score (nSPS) is 19.3. The lowest BCUT2D eigenvalue weighted by Gasteiger charge is -2.37. The number of benzene rings is 1. The third kappa shape index (κ3) is 4.34. The second-order valence-electron chi connectivity index (χ2n) is 6.25. The third-order valence-electron chi connectivity index (χ3n) is 4.44. The van der Waals surface area contributed by atoms with Gasteiger partial charge in [-0.05, 0) is 43.5 Å².